The fourth-order valence-corrected chi connectivity index (χ4v) is 5.67. The zero-order valence-corrected chi connectivity index (χ0v) is 22.4. The molecular weight excluding hydrogens is 484 g/mol. The van der Waals surface area contributed by atoms with Crippen molar-refractivity contribution in [3.8, 4) is 17.1 Å². The molecule has 1 fully saturated rings. The topological polar surface area (TPSA) is 71.1 Å². The number of aromatic amines is 1. The molecule has 192 valence electrons. The lowest BCUT2D eigenvalue weighted by Crippen LogP contribution is -2.45. The van der Waals surface area contributed by atoms with Crippen LogP contribution in [0.25, 0.3) is 22.6 Å². The van der Waals surface area contributed by atoms with Gasteiger partial charge in [0.1, 0.15) is 11.6 Å². The van der Waals surface area contributed by atoms with Crippen LogP contribution >= 0.6 is 11.6 Å². The predicted octanol–water partition coefficient (Wildman–Crippen LogP) is 7.06. The first-order valence-electron chi connectivity index (χ1n) is 13.0. The number of rotatable bonds is 7. The lowest BCUT2D eigenvalue weighted by atomic mass is 9.92. The van der Waals surface area contributed by atoms with E-state index in [1.54, 1.807) is 13.3 Å². The first-order chi connectivity index (χ1) is 18.0. The molecule has 1 N–H and O–H groups in total. The molecule has 2 aromatic carbocycles. The molecule has 1 saturated carbocycles. The average Bonchev–Trinajstić information content (AvgIpc) is 3.35. The van der Waals surface area contributed by atoms with Gasteiger partial charge in [-0.25, -0.2) is 9.97 Å². The largest absolute Gasteiger partial charge is 0.496 e. The van der Waals surface area contributed by atoms with Gasteiger partial charge in [-0.15, -0.1) is 0 Å². The maximum Gasteiger partial charge on any atom is 0.254 e. The first-order valence-corrected chi connectivity index (χ1v) is 13.4. The van der Waals surface area contributed by atoms with Crippen LogP contribution < -0.4 is 4.74 Å². The van der Waals surface area contributed by atoms with Crippen LogP contribution in [0.5, 0.6) is 5.75 Å². The van der Waals surface area contributed by atoms with E-state index in [1.807, 2.05) is 48.5 Å². The molecule has 0 radical (unpaired) electrons. The quantitative estimate of drug-likeness (QED) is 0.285. The van der Waals surface area contributed by atoms with E-state index in [2.05, 4.69) is 33.7 Å². The maximum absolute atomic E-state index is 13.6. The summed E-state index contributed by atoms with van der Waals surface area (Å²) in [6, 6.07) is 15.9. The number of halogens is 1. The van der Waals surface area contributed by atoms with Gasteiger partial charge in [0.05, 0.1) is 17.6 Å². The zero-order chi connectivity index (χ0) is 25.9. The number of amides is 1. The Balaban J connectivity index is 1.44. The summed E-state index contributed by atoms with van der Waals surface area (Å²) in [5.41, 5.74) is 5.04. The normalized spacial score (nSPS) is 14.3. The lowest BCUT2D eigenvalue weighted by molar-refractivity contribution is 0.0555. The summed E-state index contributed by atoms with van der Waals surface area (Å²) >= 11 is 6.40. The molecule has 1 aliphatic rings. The van der Waals surface area contributed by atoms with E-state index in [-0.39, 0.29) is 11.9 Å². The summed E-state index contributed by atoms with van der Waals surface area (Å²) in [6.45, 7) is 4.21. The molecule has 0 atom stereocenters. The van der Waals surface area contributed by atoms with Gasteiger partial charge < -0.3 is 14.6 Å². The molecule has 0 bridgehead atoms. The Kier molecular flexibility index (Phi) is 7.47. The summed E-state index contributed by atoms with van der Waals surface area (Å²) in [7, 11) is 1.66. The number of methoxy groups -OCH3 is 1. The van der Waals surface area contributed by atoms with Crippen molar-refractivity contribution < 1.29 is 9.53 Å². The van der Waals surface area contributed by atoms with Gasteiger partial charge in [0, 0.05) is 35.8 Å². The van der Waals surface area contributed by atoms with Gasteiger partial charge >= 0.3 is 0 Å². The highest BCUT2D eigenvalue weighted by Crippen LogP contribution is 2.31. The number of fused-ring (bicyclic) bond motifs is 1. The van der Waals surface area contributed by atoms with E-state index in [0.717, 1.165) is 35.0 Å². The molecule has 2 heterocycles. The van der Waals surface area contributed by atoms with Crippen LogP contribution in [0.4, 0.5) is 0 Å². The van der Waals surface area contributed by atoms with Crippen molar-refractivity contribution in [2.75, 3.05) is 7.11 Å². The van der Waals surface area contributed by atoms with Crippen molar-refractivity contribution in [1.82, 2.24) is 19.9 Å². The molecule has 2 aromatic heterocycles. The molecule has 6 nitrogen and oxygen atoms in total. The van der Waals surface area contributed by atoms with Crippen molar-refractivity contribution in [2.45, 2.75) is 64.5 Å². The highest BCUT2D eigenvalue weighted by atomic mass is 35.5. The molecule has 1 amide bonds. The van der Waals surface area contributed by atoms with Crippen LogP contribution in [-0.2, 0) is 6.42 Å². The van der Waals surface area contributed by atoms with E-state index >= 15 is 0 Å². The molecule has 5 rings (SSSR count). The van der Waals surface area contributed by atoms with Crippen LogP contribution in [0, 0.1) is 0 Å². The third kappa shape index (κ3) is 5.21. The molecule has 0 unspecified atom stereocenters. The summed E-state index contributed by atoms with van der Waals surface area (Å²) in [4.78, 5) is 28.2. The fourth-order valence-electron chi connectivity index (χ4n) is 5.45. The second-order valence-electron chi connectivity index (χ2n) is 10.0. The molecular formula is C30H33ClN4O2. The van der Waals surface area contributed by atoms with E-state index in [0.29, 0.717) is 40.3 Å². The molecule has 0 saturated heterocycles. The SMILES string of the molecule is COc1cc(C(=O)N(C(C)C)C2CCCCC2)ccc1Cc1ccnc2nc(-c3ccccc3Cl)[nH]c12. The Labute approximate surface area is 223 Å². The minimum absolute atomic E-state index is 0.0796. The Morgan fingerprint density at radius 2 is 1.89 bits per heavy atom. The number of nitrogens with zero attached hydrogens (tertiary/aromatic N) is 3. The molecule has 4 aromatic rings. The molecule has 7 heteroatoms. The Morgan fingerprint density at radius 1 is 1.11 bits per heavy atom. The fraction of sp³-hybridized carbons (Fsp3) is 0.367. The summed E-state index contributed by atoms with van der Waals surface area (Å²) in [6.07, 6.45) is 8.18. The third-order valence-corrected chi connectivity index (χ3v) is 7.61. The smallest absolute Gasteiger partial charge is 0.254 e. The molecule has 1 aliphatic carbocycles. The molecule has 0 spiro atoms. The van der Waals surface area contributed by atoms with E-state index in [4.69, 9.17) is 16.3 Å². The van der Waals surface area contributed by atoms with E-state index in [1.165, 1.54) is 19.3 Å². The number of benzene rings is 2. The Hall–Kier alpha value is -3.38. The highest BCUT2D eigenvalue weighted by molar-refractivity contribution is 6.33. The number of hydrogen-bond donors (Lipinski definition) is 1. The minimum Gasteiger partial charge on any atom is -0.496 e. The van der Waals surface area contributed by atoms with Crippen molar-refractivity contribution >= 4 is 28.7 Å². The summed E-state index contributed by atoms with van der Waals surface area (Å²) in [5.74, 6) is 1.47. The van der Waals surface area contributed by atoms with Gasteiger partial charge in [-0.1, -0.05) is 49.1 Å². The van der Waals surface area contributed by atoms with Crippen molar-refractivity contribution in [1.29, 1.82) is 0 Å². The van der Waals surface area contributed by atoms with Crippen LogP contribution in [0.15, 0.2) is 54.7 Å². The number of H-pyrrole nitrogens is 1. The lowest BCUT2D eigenvalue weighted by Gasteiger charge is -2.37. The number of carbonyl (C=O) groups excluding carboxylic acids is 1. The number of imidazole rings is 1. The van der Waals surface area contributed by atoms with Crippen molar-refractivity contribution in [2.24, 2.45) is 0 Å². The average molecular weight is 517 g/mol. The van der Waals surface area contributed by atoms with Crippen LogP contribution in [0.1, 0.15) is 67.4 Å². The van der Waals surface area contributed by atoms with Crippen LogP contribution in [0.3, 0.4) is 0 Å². The second-order valence-corrected chi connectivity index (χ2v) is 10.4. The number of hydrogen-bond acceptors (Lipinski definition) is 4. The standard InChI is InChI=1S/C30H33ClN4O2/c1-19(2)35(23-9-5-4-6-10-23)30(36)22-14-13-20(26(18-22)37-3)17-21-15-16-32-29-27(21)33-28(34-29)24-11-7-8-12-25(24)31/h7-8,11-16,18-19,23H,4-6,9-10,17H2,1-3H3,(H,32,33,34). The van der Waals surface area contributed by atoms with Gasteiger partial charge in [-0.05, 0) is 68.1 Å². The van der Waals surface area contributed by atoms with Gasteiger partial charge in [0.25, 0.3) is 5.91 Å². The first kappa shape index (κ1) is 25.3. The Morgan fingerprint density at radius 3 is 2.62 bits per heavy atom. The van der Waals surface area contributed by atoms with Crippen molar-refractivity contribution in [3.05, 3.63) is 76.4 Å². The number of aromatic nitrogens is 3. The van der Waals surface area contributed by atoms with Gasteiger partial charge in [0.15, 0.2) is 5.65 Å². The van der Waals surface area contributed by atoms with Gasteiger partial charge in [-0.3, -0.25) is 4.79 Å². The Bertz CT molecular complexity index is 1410. The molecule has 37 heavy (non-hydrogen) atoms. The van der Waals surface area contributed by atoms with Crippen LogP contribution in [-0.4, -0.2) is 45.0 Å². The summed E-state index contributed by atoms with van der Waals surface area (Å²) in [5, 5.41) is 0.633. The monoisotopic (exact) mass is 516 g/mol. The third-order valence-electron chi connectivity index (χ3n) is 7.28. The number of ether oxygens (including phenoxy) is 1. The van der Waals surface area contributed by atoms with Gasteiger partial charge in [0.2, 0.25) is 0 Å². The predicted molar refractivity (Wildman–Crippen MR) is 148 cm³/mol. The van der Waals surface area contributed by atoms with Crippen molar-refractivity contribution in [3.63, 3.8) is 0 Å². The van der Waals surface area contributed by atoms with Crippen LogP contribution in [0.2, 0.25) is 5.02 Å². The molecule has 0 aliphatic heterocycles. The van der Waals surface area contributed by atoms with Gasteiger partial charge in [-0.2, -0.15) is 0 Å². The number of nitrogens with one attached hydrogen (secondary N) is 1. The second kappa shape index (κ2) is 10.9. The summed E-state index contributed by atoms with van der Waals surface area (Å²) < 4.78 is 5.77. The zero-order valence-electron chi connectivity index (χ0n) is 21.6. The number of carbonyl (C=O) groups is 1. The highest BCUT2D eigenvalue weighted by Gasteiger charge is 2.29. The maximum atomic E-state index is 13.6. The van der Waals surface area contributed by atoms with E-state index in [9.17, 15) is 4.79 Å². The van der Waals surface area contributed by atoms with E-state index < -0.39 is 0 Å². The number of pyridine rings is 1. The minimum atomic E-state index is 0.0796.